The largest absolute Gasteiger partial charge is 0.310 e. The SMILES string of the molecule is CCCNC(c1cc(F)c(F)cc1F)C1C2CCCCC21. The zero-order valence-corrected chi connectivity index (χ0v) is 12.3. The van der Waals surface area contributed by atoms with Gasteiger partial charge in [0.2, 0.25) is 0 Å². The molecule has 0 aromatic heterocycles. The van der Waals surface area contributed by atoms with Crippen molar-refractivity contribution in [1.29, 1.82) is 0 Å². The molecule has 1 aromatic carbocycles. The Labute approximate surface area is 123 Å². The number of rotatable bonds is 5. The lowest BCUT2D eigenvalue weighted by Crippen LogP contribution is -2.26. The van der Waals surface area contributed by atoms with Crippen molar-refractivity contribution in [2.45, 2.75) is 45.1 Å². The molecule has 0 bridgehead atoms. The summed E-state index contributed by atoms with van der Waals surface area (Å²) in [6.07, 6.45) is 5.77. The van der Waals surface area contributed by atoms with Gasteiger partial charge in [-0.3, -0.25) is 0 Å². The van der Waals surface area contributed by atoms with Gasteiger partial charge in [0.1, 0.15) is 5.82 Å². The second kappa shape index (κ2) is 5.99. The highest BCUT2D eigenvalue weighted by Crippen LogP contribution is 2.60. The van der Waals surface area contributed by atoms with Crippen LogP contribution >= 0.6 is 0 Å². The minimum atomic E-state index is -1.11. The summed E-state index contributed by atoms with van der Waals surface area (Å²) >= 11 is 0. The van der Waals surface area contributed by atoms with E-state index in [0.717, 1.165) is 19.0 Å². The maximum absolute atomic E-state index is 14.1. The lowest BCUT2D eigenvalue weighted by molar-refractivity contribution is 0.417. The summed E-state index contributed by atoms with van der Waals surface area (Å²) in [6, 6.07) is 1.53. The van der Waals surface area contributed by atoms with Crippen LogP contribution in [0.3, 0.4) is 0 Å². The van der Waals surface area contributed by atoms with E-state index in [-0.39, 0.29) is 6.04 Å². The molecule has 116 valence electrons. The first kappa shape index (κ1) is 14.9. The summed E-state index contributed by atoms with van der Waals surface area (Å²) in [6.45, 7) is 2.81. The van der Waals surface area contributed by atoms with Crippen molar-refractivity contribution in [2.75, 3.05) is 6.54 Å². The first-order chi connectivity index (χ1) is 10.1. The van der Waals surface area contributed by atoms with Gasteiger partial charge in [0.05, 0.1) is 0 Å². The number of hydrogen-bond donors (Lipinski definition) is 1. The molecule has 21 heavy (non-hydrogen) atoms. The Morgan fingerprint density at radius 1 is 1.05 bits per heavy atom. The molecular weight excluding hydrogens is 275 g/mol. The van der Waals surface area contributed by atoms with Crippen LogP contribution in [-0.2, 0) is 0 Å². The van der Waals surface area contributed by atoms with Crippen LogP contribution in [0.4, 0.5) is 13.2 Å². The van der Waals surface area contributed by atoms with E-state index in [1.807, 2.05) is 6.92 Å². The molecule has 1 aromatic rings. The third-order valence-electron chi connectivity index (χ3n) is 5.10. The van der Waals surface area contributed by atoms with E-state index in [0.29, 0.717) is 29.4 Å². The van der Waals surface area contributed by atoms with Gasteiger partial charge < -0.3 is 5.32 Å². The molecule has 4 heteroatoms. The summed E-state index contributed by atoms with van der Waals surface area (Å²) in [5, 5.41) is 3.36. The second-order valence-electron chi connectivity index (χ2n) is 6.41. The molecule has 2 saturated carbocycles. The monoisotopic (exact) mass is 297 g/mol. The van der Waals surface area contributed by atoms with Crippen LogP contribution in [0.25, 0.3) is 0 Å². The molecule has 1 nitrogen and oxygen atoms in total. The lowest BCUT2D eigenvalue weighted by Gasteiger charge is -2.20. The van der Waals surface area contributed by atoms with Crippen LogP contribution < -0.4 is 5.32 Å². The lowest BCUT2D eigenvalue weighted by atomic mass is 9.98. The molecule has 3 rings (SSSR count). The van der Waals surface area contributed by atoms with Crippen LogP contribution in [0.15, 0.2) is 12.1 Å². The average Bonchev–Trinajstić information content (AvgIpc) is 3.19. The second-order valence-corrected chi connectivity index (χ2v) is 6.41. The zero-order chi connectivity index (χ0) is 15.0. The van der Waals surface area contributed by atoms with Crippen molar-refractivity contribution in [2.24, 2.45) is 17.8 Å². The van der Waals surface area contributed by atoms with Gasteiger partial charge in [0, 0.05) is 17.7 Å². The highest BCUT2D eigenvalue weighted by molar-refractivity contribution is 5.27. The molecule has 0 radical (unpaired) electrons. The van der Waals surface area contributed by atoms with E-state index in [1.165, 1.54) is 25.7 Å². The molecular formula is C17H22F3N. The third-order valence-corrected chi connectivity index (χ3v) is 5.10. The van der Waals surface area contributed by atoms with E-state index < -0.39 is 17.5 Å². The summed E-state index contributed by atoms with van der Waals surface area (Å²) in [7, 11) is 0. The Morgan fingerprint density at radius 3 is 2.29 bits per heavy atom. The van der Waals surface area contributed by atoms with Crippen molar-refractivity contribution in [1.82, 2.24) is 5.32 Å². The molecule has 2 aliphatic rings. The minimum absolute atomic E-state index is 0.187. The van der Waals surface area contributed by atoms with Crippen molar-refractivity contribution in [3.05, 3.63) is 35.1 Å². The fourth-order valence-corrected chi connectivity index (χ4v) is 4.07. The van der Waals surface area contributed by atoms with Crippen LogP contribution in [-0.4, -0.2) is 6.54 Å². The molecule has 0 heterocycles. The maximum atomic E-state index is 14.1. The van der Waals surface area contributed by atoms with Crippen LogP contribution in [0.2, 0.25) is 0 Å². The quantitative estimate of drug-likeness (QED) is 0.784. The number of fused-ring (bicyclic) bond motifs is 1. The molecule has 3 unspecified atom stereocenters. The molecule has 0 saturated heterocycles. The summed E-state index contributed by atoms with van der Waals surface area (Å²) in [5.41, 5.74) is 0.293. The molecule has 1 N–H and O–H groups in total. The number of benzene rings is 1. The highest BCUT2D eigenvalue weighted by atomic mass is 19.2. The predicted molar refractivity (Wildman–Crippen MR) is 76.3 cm³/mol. The number of hydrogen-bond acceptors (Lipinski definition) is 1. The highest BCUT2D eigenvalue weighted by Gasteiger charge is 2.54. The van der Waals surface area contributed by atoms with Gasteiger partial charge >= 0.3 is 0 Å². The zero-order valence-electron chi connectivity index (χ0n) is 12.3. The first-order valence-electron chi connectivity index (χ1n) is 8.01. The molecule has 2 aliphatic carbocycles. The Morgan fingerprint density at radius 2 is 1.67 bits per heavy atom. The fourth-order valence-electron chi connectivity index (χ4n) is 4.07. The number of nitrogens with one attached hydrogen (secondary N) is 1. The number of halogens is 3. The average molecular weight is 297 g/mol. The molecule has 0 amide bonds. The van der Waals surface area contributed by atoms with Crippen LogP contribution in [0.1, 0.15) is 50.6 Å². The van der Waals surface area contributed by atoms with Gasteiger partial charge in [-0.1, -0.05) is 19.8 Å². The normalized spacial score (nSPS) is 29.0. The first-order valence-corrected chi connectivity index (χ1v) is 8.01. The van der Waals surface area contributed by atoms with Gasteiger partial charge in [-0.05, 0) is 49.6 Å². The minimum Gasteiger partial charge on any atom is -0.310 e. The van der Waals surface area contributed by atoms with Gasteiger partial charge in [0.15, 0.2) is 11.6 Å². The third kappa shape index (κ3) is 2.83. The Hall–Kier alpha value is -1.03. The van der Waals surface area contributed by atoms with E-state index >= 15 is 0 Å². The molecule has 2 fully saturated rings. The topological polar surface area (TPSA) is 12.0 Å². The van der Waals surface area contributed by atoms with E-state index in [4.69, 9.17) is 0 Å². The summed E-state index contributed by atoms with van der Waals surface area (Å²) in [5.74, 6) is -1.08. The van der Waals surface area contributed by atoms with E-state index in [9.17, 15) is 13.2 Å². The standard InChI is InChI=1S/C17H22F3N/c1-2-7-21-17(16-10-5-3-4-6-11(10)16)12-8-14(19)15(20)9-13(12)18/h8-11,16-17,21H,2-7H2,1H3. The van der Waals surface area contributed by atoms with Crippen molar-refractivity contribution in [3.8, 4) is 0 Å². The van der Waals surface area contributed by atoms with Gasteiger partial charge in [-0.15, -0.1) is 0 Å². The Balaban J connectivity index is 1.87. The Kier molecular flexibility index (Phi) is 4.25. The van der Waals surface area contributed by atoms with Crippen LogP contribution in [0.5, 0.6) is 0 Å². The van der Waals surface area contributed by atoms with Crippen LogP contribution in [0, 0.1) is 35.2 Å². The maximum Gasteiger partial charge on any atom is 0.161 e. The van der Waals surface area contributed by atoms with Gasteiger partial charge in [0.25, 0.3) is 0 Å². The molecule has 3 atom stereocenters. The molecule has 0 aliphatic heterocycles. The van der Waals surface area contributed by atoms with Gasteiger partial charge in [-0.25, -0.2) is 13.2 Å². The molecule has 0 spiro atoms. The van der Waals surface area contributed by atoms with E-state index in [1.54, 1.807) is 0 Å². The summed E-state index contributed by atoms with van der Waals surface area (Å²) < 4.78 is 40.8. The van der Waals surface area contributed by atoms with Crippen molar-refractivity contribution >= 4 is 0 Å². The smallest absolute Gasteiger partial charge is 0.161 e. The Bertz CT molecular complexity index is 505. The summed E-state index contributed by atoms with van der Waals surface area (Å²) in [4.78, 5) is 0. The fraction of sp³-hybridized carbons (Fsp3) is 0.647. The predicted octanol–water partition coefficient (Wildman–Crippen LogP) is 4.58. The van der Waals surface area contributed by atoms with Crippen molar-refractivity contribution in [3.63, 3.8) is 0 Å². The van der Waals surface area contributed by atoms with E-state index in [2.05, 4.69) is 5.32 Å². The van der Waals surface area contributed by atoms with Crippen molar-refractivity contribution < 1.29 is 13.2 Å². The van der Waals surface area contributed by atoms with Gasteiger partial charge in [-0.2, -0.15) is 0 Å².